The van der Waals surface area contributed by atoms with E-state index < -0.39 is 5.97 Å². The van der Waals surface area contributed by atoms with Crippen molar-refractivity contribution in [3.8, 4) is 0 Å². The number of ether oxygens (including phenoxy) is 1. The second-order valence-electron chi connectivity index (χ2n) is 4.11. The Kier molecular flexibility index (Phi) is 4.18. The van der Waals surface area contributed by atoms with Crippen molar-refractivity contribution in [2.45, 2.75) is 30.1 Å². The lowest BCUT2D eigenvalue weighted by molar-refractivity contribution is 0.0592. The fraction of sp³-hybridized carbons (Fsp3) is 0.364. The molecule has 2 heterocycles. The molecule has 0 fully saturated rings. The first kappa shape index (κ1) is 14.3. The molecule has 0 aliphatic heterocycles. The molecule has 0 unspecified atom stereocenters. The van der Waals surface area contributed by atoms with E-state index in [2.05, 4.69) is 24.9 Å². The number of esters is 1. The van der Waals surface area contributed by atoms with E-state index in [1.807, 2.05) is 13.8 Å². The van der Waals surface area contributed by atoms with Crippen molar-refractivity contribution in [1.29, 1.82) is 0 Å². The molecule has 2 aromatic heterocycles. The molecule has 0 aromatic carbocycles. The summed E-state index contributed by atoms with van der Waals surface area (Å²) in [5.41, 5.74) is -0.189. The minimum Gasteiger partial charge on any atom is -0.464 e. The van der Waals surface area contributed by atoms with Crippen LogP contribution < -0.4 is 5.69 Å². The molecule has 20 heavy (non-hydrogen) atoms. The van der Waals surface area contributed by atoms with Crippen LogP contribution in [-0.2, 0) is 4.74 Å². The Morgan fingerprint density at radius 3 is 2.85 bits per heavy atom. The first-order valence-electron chi connectivity index (χ1n) is 5.78. The monoisotopic (exact) mass is 295 g/mol. The van der Waals surface area contributed by atoms with E-state index in [4.69, 9.17) is 0 Å². The fourth-order valence-electron chi connectivity index (χ4n) is 1.51. The Balaban J connectivity index is 2.31. The number of carbonyl (C=O) groups is 1. The SMILES string of the molecule is COC(=O)c1cncc(Sc2n[nH]c(=O)n2C(C)C)n1. The zero-order valence-electron chi connectivity index (χ0n) is 11.2. The molecule has 0 saturated heterocycles. The van der Waals surface area contributed by atoms with Crippen LogP contribution in [0.5, 0.6) is 0 Å². The number of hydrogen-bond acceptors (Lipinski definition) is 7. The summed E-state index contributed by atoms with van der Waals surface area (Å²) in [7, 11) is 1.27. The largest absolute Gasteiger partial charge is 0.464 e. The summed E-state index contributed by atoms with van der Waals surface area (Å²) in [5.74, 6) is -0.566. The summed E-state index contributed by atoms with van der Waals surface area (Å²) in [4.78, 5) is 31.0. The first-order valence-corrected chi connectivity index (χ1v) is 6.59. The smallest absolute Gasteiger partial charge is 0.358 e. The summed E-state index contributed by atoms with van der Waals surface area (Å²) in [6.45, 7) is 3.75. The number of methoxy groups -OCH3 is 1. The second-order valence-corrected chi connectivity index (χ2v) is 5.10. The number of nitrogens with zero attached hydrogens (tertiary/aromatic N) is 4. The predicted octanol–water partition coefficient (Wildman–Crippen LogP) is 0.880. The number of aromatic nitrogens is 5. The summed E-state index contributed by atoms with van der Waals surface area (Å²) in [5, 5.41) is 7.23. The molecule has 0 aliphatic carbocycles. The summed E-state index contributed by atoms with van der Waals surface area (Å²) >= 11 is 1.14. The number of hydrogen-bond donors (Lipinski definition) is 1. The van der Waals surface area contributed by atoms with Gasteiger partial charge in [-0.2, -0.15) is 0 Å². The van der Waals surface area contributed by atoms with Gasteiger partial charge in [0.05, 0.1) is 19.5 Å². The maximum atomic E-state index is 11.6. The maximum absolute atomic E-state index is 11.6. The van der Waals surface area contributed by atoms with Gasteiger partial charge in [0.2, 0.25) is 0 Å². The first-order chi connectivity index (χ1) is 9.52. The highest BCUT2D eigenvalue weighted by atomic mass is 32.2. The third kappa shape index (κ3) is 2.87. The highest BCUT2D eigenvalue weighted by Crippen LogP contribution is 2.24. The van der Waals surface area contributed by atoms with Crippen molar-refractivity contribution in [2.75, 3.05) is 7.11 Å². The molecular weight excluding hydrogens is 282 g/mol. The average Bonchev–Trinajstić information content (AvgIpc) is 2.79. The Morgan fingerprint density at radius 1 is 1.45 bits per heavy atom. The molecule has 0 bridgehead atoms. The Morgan fingerprint density at radius 2 is 2.20 bits per heavy atom. The van der Waals surface area contributed by atoms with Gasteiger partial charge in [0.25, 0.3) is 0 Å². The lowest BCUT2D eigenvalue weighted by Gasteiger charge is -2.08. The predicted molar refractivity (Wildman–Crippen MR) is 70.7 cm³/mol. The molecule has 1 N–H and O–H groups in total. The van der Waals surface area contributed by atoms with Crippen LogP contribution in [0.25, 0.3) is 0 Å². The van der Waals surface area contributed by atoms with E-state index in [9.17, 15) is 9.59 Å². The van der Waals surface area contributed by atoms with E-state index in [1.54, 1.807) is 0 Å². The van der Waals surface area contributed by atoms with E-state index in [1.165, 1.54) is 24.1 Å². The minimum absolute atomic E-state index is 0.0412. The van der Waals surface area contributed by atoms with Crippen LogP contribution in [-0.4, -0.2) is 37.8 Å². The summed E-state index contributed by atoms with van der Waals surface area (Å²) in [6, 6.07) is -0.0412. The molecule has 0 radical (unpaired) electrons. The molecule has 0 atom stereocenters. The minimum atomic E-state index is -0.566. The molecule has 2 aromatic rings. The van der Waals surface area contributed by atoms with E-state index in [0.29, 0.717) is 10.2 Å². The van der Waals surface area contributed by atoms with Crippen LogP contribution in [0, 0.1) is 0 Å². The van der Waals surface area contributed by atoms with Crippen molar-refractivity contribution in [3.63, 3.8) is 0 Å². The Bertz CT molecular complexity index is 679. The highest BCUT2D eigenvalue weighted by Gasteiger charge is 2.15. The van der Waals surface area contributed by atoms with E-state index in [0.717, 1.165) is 11.8 Å². The molecular formula is C11H13N5O3S. The van der Waals surface area contributed by atoms with Crippen molar-refractivity contribution in [1.82, 2.24) is 24.7 Å². The molecule has 9 heteroatoms. The van der Waals surface area contributed by atoms with Gasteiger partial charge in [-0.15, -0.1) is 5.10 Å². The fourth-order valence-corrected chi connectivity index (χ4v) is 2.44. The van der Waals surface area contributed by atoms with Gasteiger partial charge in [-0.05, 0) is 25.6 Å². The molecule has 0 saturated carbocycles. The van der Waals surface area contributed by atoms with Gasteiger partial charge < -0.3 is 4.74 Å². The zero-order chi connectivity index (χ0) is 14.7. The van der Waals surface area contributed by atoms with Gasteiger partial charge in [-0.1, -0.05) is 0 Å². The molecule has 106 valence electrons. The highest BCUT2D eigenvalue weighted by molar-refractivity contribution is 7.99. The quantitative estimate of drug-likeness (QED) is 0.835. The number of aromatic amines is 1. The van der Waals surface area contributed by atoms with Crippen molar-refractivity contribution < 1.29 is 9.53 Å². The van der Waals surface area contributed by atoms with Crippen LogP contribution in [0.15, 0.2) is 27.4 Å². The lowest BCUT2D eigenvalue weighted by Crippen LogP contribution is -2.19. The van der Waals surface area contributed by atoms with Crippen LogP contribution >= 0.6 is 11.8 Å². The van der Waals surface area contributed by atoms with Crippen molar-refractivity contribution in [2.24, 2.45) is 0 Å². The Labute approximate surface area is 118 Å². The standard InChI is InChI=1S/C11H13N5O3S/c1-6(2)16-10(18)14-15-11(16)20-8-5-12-4-7(13-8)9(17)19-3/h4-6H,1-3H3,(H,14,18). The molecule has 0 aliphatic rings. The van der Waals surface area contributed by atoms with Gasteiger partial charge in [0, 0.05) is 6.04 Å². The summed E-state index contributed by atoms with van der Waals surface area (Å²) in [6.07, 6.45) is 2.80. The normalized spacial score (nSPS) is 10.8. The third-order valence-electron chi connectivity index (χ3n) is 2.39. The molecule has 0 spiro atoms. The van der Waals surface area contributed by atoms with Crippen molar-refractivity contribution >= 4 is 17.7 Å². The summed E-state index contributed by atoms with van der Waals surface area (Å²) < 4.78 is 6.08. The number of H-pyrrole nitrogens is 1. The lowest BCUT2D eigenvalue weighted by atomic mass is 10.4. The van der Waals surface area contributed by atoms with Crippen LogP contribution in [0.2, 0.25) is 0 Å². The molecule has 2 rings (SSSR count). The zero-order valence-corrected chi connectivity index (χ0v) is 12.0. The van der Waals surface area contributed by atoms with Crippen molar-refractivity contribution in [3.05, 3.63) is 28.6 Å². The topological polar surface area (TPSA) is 103 Å². The molecule has 8 nitrogen and oxygen atoms in total. The maximum Gasteiger partial charge on any atom is 0.358 e. The average molecular weight is 295 g/mol. The number of carbonyl (C=O) groups excluding carboxylic acids is 1. The molecule has 0 amide bonds. The third-order valence-corrected chi connectivity index (χ3v) is 3.27. The van der Waals surface area contributed by atoms with Gasteiger partial charge >= 0.3 is 11.7 Å². The van der Waals surface area contributed by atoms with Gasteiger partial charge in [-0.3, -0.25) is 9.55 Å². The van der Waals surface area contributed by atoms with Crippen LogP contribution in [0.1, 0.15) is 30.4 Å². The van der Waals surface area contributed by atoms with Crippen LogP contribution in [0.4, 0.5) is 0 Å². The van der Waals surface area contributed by atoms with E-state index >= 15 is 0 Å². The van der Waals surface area contributed by atoms with Gasteiger partial charge in [-0.25, -0.2) is 19.7 Å². The van der Waals surface area contributed by atoms with Crippen LogP contribution in [0.3, 0.4) is 0 Å². The van der Waals surface area contributed by atoms with Gasteiger partial charge in [0.1, 0.15) is 5.03 Å². The van der Waals surface area contributed by atoms with E-state index in [-0.39, 0.29) is 17.4 Å². The number of rotatable bonds is 4. The second kappa shape index (κ2) is 5.87. The Hall–Kier alpha value is -2.16. The van der Waals surface area contributed by atoms with Gasteiger partial charge in [0.15, 0.2) is 10.9 Å². The number of nitrogens with one attached hydrogen (secondary N) is 1.